The van der Waals surface area contributed by atoms with E-state index in [1.54, 1.807) is 13.8 Å². The lowest BCUT2D eigenvalue weighted by Gasteiger charge is -2.27. The number of nitrogens with zero attached hydrogens (tertiary/aromatic N) is 1. The predicted molar refractivity (Wildman–Crippen MR) is 50.7 cm³/mol. The summed E-state index contributed by atoms with van der Waals surface area (Å²) >= 11 is 0. The lowest BCUT2D eigenvalue weighted by molar-refractivity contribution is -0.137. The summed E-state index contributed by atoms with van der Waals surface area (Å²) in [6.45, 7) is 7.16. The third-order valence-corrected chi connectivity index (χ3v) is 1.70. The van der Waals surface area contributed by atoms with Crippen LogP contribution in [-0.4, -0.2) is 46.3 Å². The Morgan fingerprint density at radius 1 is 1.46 bits per heavy atom. The minimum absolute atomic E-state index is 0.129. The number of hydrogen-bond donors (Lipinski definition) is 2. The SMILES string of the molecule is CCN(CCC(=O)O)CC(C)(C)O. The summed E-state index contributed by atoms with van der Waals surface area (Å²) in [5.74, 6) is -0.797. The van der Waals surface area contributed by atoms with E-state index in [2.05, 4.69) is 0 Å². The highest BCUT2D eigenvalue weighted by Gasteiger charge is 2.17. The molecular weight excluding hydrogens is 170 g/mol. The van der Waals surface area contributed by atoms with Crippen LogP contribution in [0.1, 0.15) is 27.2 Å². The highest BCUT2D eigenvalue weighted by atomic mass is 16.4. The molecule has 0 aromatic heterocycles. The van der Waals surface area contributed by atoms with Crippen LogP contribution < -0.4 is 0 Å². The van der Waals surface area contributed by atoms with Crippen LogP contribution in [0.25, 0.3) is 0 Å². The van der Waals surface area contributed by atoms with E-state index in [1.807, 2.05) is 11.8 Å². The fourth-order valence-electron chi connectivity index (χ4n) is 1.15. The van der Waals surface area contributed by atoms with Gasteiger partial charge in [0, 0.05) is 13.1 Å². The zero-order valence-electron chi connectivity index (χ0n) is 8.58. The normalized spacial score (nSPS) is 12.1. The molecule has 4 heteroatoms. The number of carbonyl (C=O) groups is 1. The summed E-state index contributed by atoms with van der Waals surface area (Å²) in [6.07, 6.45) is 0.129. The van der Waals surface area contributed by atoms with E-state index in [0.717, 1.165) is 6.54 Å². The number of aliphatic hydroxyl groups is 1. The molecule has 0 amide bonds. The van der Waals surface area contributed by atoms with Crippen molar-refractivity contribution in [3.05, 3.63) is 0 Å². The maximum Gasteiger partial charge on any atom is 0.304 e. The molecule has 0 unspecified atom stereocenters. The van der Waals surface area contributed by atoms with Crippen molar-refractivity contribution in [1.29, 1.82) is 0 Å². The van der Waals surface area contributed by atoms with E-state index in [4.69, 9.17) is 5.11 Å². The molecule has 0 aromatic rings. The summed E-state index contributed by atoms with van der Waals surface area (Å²) in [7, 11) is 0. The largest absolute Gasteiger partial charge is 0.481 e. The Morgan fingerprint density at radius 2 is 2.00 bits per heavy atom. The molecule has 0 bridgehead atoms. The van der Waals surface area contributed by atoms with Crippen molar-refractivity contribution in [1.82, 2.24) is 4.90 Å². The summed E-state index contributed by atoms with van der Waals surface area (Å²) < 4.78 is 0. The monoisotopic (exact) mass is 189 g/mol. The fraction of sp³-hybridized carbons (Fsp3) is 0.889. The van der Waals surface area contributed by atoms with Gasteiger partial charge in [0.2, 0.25) is 0 Å². The van der Waals surface area contributed by atoms with Crippen LogP contribution in [0.4, 0.5) is 0 Å². The second-order valence-electron chi connectivity index (χ2n) is 3.82. The quantitative estimate of drug-likeness (QED) is 0.640. The average Bonchev–Trinajstić information content (AvgIpc) is 1.95. The number of aliphatic carboxylic acids is 1. The topological polar surface area (TPSA) is 60.8 Å². The molecule has 4 nitrogen and oxygen atoms in total. The fourth-order valence-corrected chi connectivity index (χ4v) is 1.15. The van der Waals surface area contributed by atoms with E-state index < -0.39 is 11.6 Å². The Bertz CT molecular complexity index is 163. The lowest BCUT2D eigenvalue weighted by Crippen LogP contribution is -2.39. The van der Waals surface area contributed by atoms with E-state index in [1.165, 1.54) is 0 Å². The lowest BCUT2D eigenvalue weighted by atomic mass is 10.1. The van der Waals surface area contributed by atoms with Crippen molar-refractivity contribution in [2.24, 2.45) is 0 Å². The molecule has 0 aromatic carbocycles. The molecule has 0 saturated heterocycles. The van der Waals surface area contributed by atoms with Gasteiger partial charge in [-0.15, -0.1) is 0 Å². The van der Waals surface area contributed by atoms with Crippen molar-refractivity contribution in [3.63, 3.8) is 0 Å². The van der Waals surface area contributed by atoms with Gasteiger partial charge in [0.1, 0.15) is 0 Å². The zero-order valence-corrected chi connectivity index (χ0v) is 8.58. The van der Waals surface area contributed by atoms with Crippen LogP contribution in [0.15, 0.2) is 0 Å². The molecule has 0 fully saturated rings. The first-order valence-corrected chi connectivity index (χ1v) is 4.51. The van der Waals surface area contributed by atoms with Crippen LogP contribution in [-0.2, 0) is 4.79 Å². The van der Waals surface area contributed by atoms with Crippen LogP contribution >= 0.6 is 0 Å². The van der Waals surface area contributed by atoms with Gasteiger partial charge in [-0.3, -0.25) is 4.79 Å². The molecule has 0 aliphatic rings. The highest BCUT2D eigenvalue weighted by molar-refractivity contribution is 5.66. The van der Waals surface area contributed by atoms with Gasteiger partial charge in [0.05, 0.1) is 12.0 Å². The predicted octanol–water partition coefficient (Wildman–Crippen LogP) is 0.554. The third-order valence-electron chi connectivity index (χ3n) is 1.70. The molecule has 0 spiro atoms. The van der Waals surface area contributed by atoms with Gasteiger partial charge < -0.3 is 15.1 Å². The number of likely N-dealkylation sites (N-methyl/N-ethyl adjacent to an activating group) is 1. The Kier molecular flexibility index (Phi) is 4.95. The van der Waals surface area contributed by atoms with Gasteiger partial charge >= 0.3 is 5.97 Å². The van der Waals surface area contributed by atoms with Crippen LogP contribution in [0.5, 0.6) is 0 Å². The minimum Gasteiger partial charge on any atom is -0.481 e. The van der Waals surface area contributed by atoms with Crippen molar-refractivity contribution in [2.75, 3.05) is 19.6 Å². The zero-order chi connectivity index (χ0) is 10.5. The summed E-state index contributed by atoms with van der Waals surface area (Å²) in [6, 6.07) is 0. The van der Waals surface area contributed by atoms with Crippen LogP contribution in [0, 0.1) is 0 Å². The smallest absolute Gasteiger partial charge is 0.304 e. The summed E-state index contributed by atoms with van der Waals surface area (Å²) in [5, 5.41) is 18.0. The molecule has 0 aliphatic carbocycles. The Balaban J connectivity index is 3.83. The summed E-state index contributed by atoms with van der Waals surface area (Å²) in [5.41, 5.74) is -0.755. The Labute approximate surface area is 79.2 Å². The first-order chi connectivity index (χ1) is 5.85. The number of rotatable bonds is 6. The number of carboxylic acids is 1. The van der Waals surface area contributed by atoms with Gasteiger partial charge in [-0.05, 0) is 20.4 Å². The number of hydrogen-bond acceptors (Lipinski definition) is 3. The standard InChI is InChI=1S/C9H19NO3/c1-4-10(6-5-8(11)12)7-9(2,3)13/h13H,4-7H2,1-3H3,(H,11,12). The van der Waals surface area contributed by atoms with E-state index in [0.29, 0.717) is 13.1 Å². The van der Waals surface area contributed by atoms with Gasteiger partial charge in [-0.2, -0.15) is 0 Å². The van der Waals surface area contributed by atoms with Crippen LogP contribution in [0.3, 0.4) is 0 Å². The van der Waals surface area contributed by atoms with E-state index in [9.17, 15) is 9.90 Å². The first-order valence-electron chi connectivity index (χ1n) is 4.51. The van der Waals surface area contributed by atoms with Gasteiger partial charge in [0.25, 0.3) is 0 Å². The Hall–Kier alpha value is -0.610. The second-order valence-corrected chi connectivity index (χ2v) is 3.82. The van der Waals surface area contributed by atoms with Crippen molar-refractivity contribution in [2.45, 2.75) is 32.8 Å². The number of carboxylic acid groups (broad SMARTS) is 1. The van der Waals surface area contributed by atoms with Gasteiger partial charge in [-0.25, -0.2) is 0 Å². The van der Waals surface area contributed by atoms with Crippen molar-refractivity contribution < 1.29 is 15.0 Å². The summed E-state index contributed by atoms with van der Waals surface area (Å²) in [4.78, 5) is 12.2. The molecule has 2 N–H and O–H groups in total. The van der Waals surface area contributed by atoms with Crippen molar-refractivity contribution >= 4 is 5.97 Å². The molecule has 0 atom stereocenters. The maximum atomic E-state index is 10.3. The molecular formula is C9H19NO3. The van der Waals surface area contributed by atoms with Crippen molar-refractivity contribution in [3.8, 4) is 0 Å². The molecule has 0 aliphatic heterocycles. The molecule has 13 heavy (non-hydrogen) atoms. The van der Waals surface area contributed by atoms with Gasteiger partial charge in [0.15, 0.2) is 0 Å². The highest BCUT2D eigenvalue weighted by Crippen LogP contribution is 2.04. The second kappa shape index (κ2) is 5.19. The molecule has 0 saturated carbocycles. The first kappa shape index (κ1) is 12.4. The molecule has 0 radical (unpaired) electrons. The maximum absolute atomic E-state index is 10.3. The Morgan fingerprint density at radius 3 is 2.31 bits per heavy atom. The molecule has 0 heterocycles. The molecule has 0 rings (SSSR count). The van der Waals surface area contributed by atoms with E-state index in [-0.39, 0.29) is 6.42 Å². The average molecular weight is 189 g/mol. The molecule has 78 valence electrons. The third kappa shape index (κ3) is 7.74. The van der Waals surface area contributed by atoms with Crippen LogP contribution in [0.2, 0.25) is 0 Å². The van der Waals surface area contributed by atoms with E-state index >= 15 is 0 Å². The minimum atomic E-state index is -0.797. The van der Waals surface area contributed by atoms with Gasteiger partial charge in [-0.1, -0.05) is 6.92 Å².